The number of sulfonamides is 1. The number of fused-ring (bicyclic) bond motifs is 1. The van der Waals surface area contributed by atoms with Gasteiger partial charge in [0.15, 0.2) is 0 Å². The summed E-state index contributed by atoms with van der Waals surface area (Å²) >= 11 is 6.02. The lowest BCUT2D eigenvalue weighted by atomic mass is 10.2. The fourth-order valence-electron chi connectivity index (χ4n) is 2.56. The van der Waals surface area contributed by atoms with Crippen LogP contribution in [0.25, 0.3) is 11.0 Å². The Morgan fingerprint density at radius 2 is 1.93 bits per heavy atom. The number of halogens is 1. The number of carbonyl (C=O) groups is 1. The highest BCUT2D eigenvalue weighted by molar-refractivity contribution is 7.89. The molecule has 3 aromatic rings. The molecule has 142 valence electrons. The van der Waals surface area contributed by atoms with Gasteiger partial charge in [0.25, 0.3) is 5.91 Å². The van der Waals surface area contributed by atoms with Crippen molar-refractivity contribution in [2.24, 2.45) is 0 Å². The first kappa shape index (κ1) is 19.3. The SMILES string of the molecule is CC(NC(=O)c1ccc(Cl)c(S(=O)(=O)N(C)C)c1)c1nc2ccccc2[nH]1. The average molecular weight is 407 g/mol. The predicted octanol–water partition coefficient (Wildman–Crippen LogP) is 2.96. The molecule has 1 amide bonds. The van der Waals surface area contributed by atoms with E-state index in [9.17, 15) is 13.2 Å². The van der Waals surface area contributed by atoms with E-state index in [4.69, 9.17) is 11.6 Å². The van der Waals surface area contributed by atoms with Crippen LogP contribution in [0.2, 0.25) is 5.02 Å². The van der Waals surface area contributed by atoms with Crippen molar-refractivity contribution in [1.29, 1.82) is 0 Å². The lowest BCUT2D eigenvalue weighted by Crippen LogP contribution is -2.28. The highest BCUT2D eigenvalue weighted by Crippen LogP contribution is 2.25. The van der Waals surface area contributed by atoms with Crippen molar-refractivity contribution in [2.45, 2.75) is 17.9 Å². The van der Waals surface area contributed by atoms with Gasteiger partial charge in [0.2, 0.25) is 10.0 Å². The number of nitrogens with one attached hydrogen (secondary N) is 2. The zero-order chi connectivity index (χ0) is 19.8. The minimum Gasteiger partial charge on any atom is -0.342 e. The lowest BCUT2D eigenvalue weighted by Gasteiger charge is -2.15. The molecule has 0 aliphatic rings. The molecular weight excluding hydrogens is 388 g/mol. The van der Waals surface area contributed by atoms with Crippen molar-refractivity contribution in [2.75, 3.05) is 14.1 Å². The zero-order valence-electron chi connectivity index (χ0n) is 15.0. The summed E-state index contributed by atoms with van der Waals surface area (Å²) in [5.41, 5.74) is 1.88. The van der Waals surface area contributed by atoms with Gasteiger partial charge in [-0.25, -0.2) is 17.7 Å². The van der Waals surface area contributed by atoms with Crippen molar-refractivity contribution in [3.8, 4) is 0 Å². The van der Waals surface area contributed by atoms with Crippen molar-refractivity contribution in [3.63, 3.8) is 0 Å². The summed E-state index contributed by atoms with van der Waals surface area (Å²) in [7, 11) is -0.949. The maximum Gasteiger partial charge on any atom is 0.251 e. The number of hydrogen-bond donors (Lipinski definition) is 2. The van der Waals surface area contributed by atoms with E-state index in [0.717, 1.165) is 15.3 Å². The molecule has 3 rings (SSSR count). The number of amides is 1. The van der Waals surface area contributed by atoms with Crippen molar-refractivity contribution in [1.82, 2.24) is 19.6 Å². The summed E-state index contributed by atoms with van der Waals surface area (Å²) in [5.74, 6) is 0.189. The number of carbonyl (C=O) groups excluding carboxylic acids is 1. The maximum absolute atomic E-state index is 12.6. The van der Waals surface area contributed by atoms with Crippen LogP contribution in [0.3, 0.4) is 0 Å². The number of imidazole rings is 1. The third kappa shape index (κ3) is 3.83. The summed E-state index contributed by atoms with van der Waals surface area (Å²) in [4.78, 5) is 20.1. The minimum absolute atomic E-state index is 0.0607. The lowest BCUT2D eigenvalue weighted by molar-refractivity contribution is 0.0938. The second-order valence-corrected chi connectivity index (χ2v) is 8.79. The average Bonchev–Trinajstić information content (AvgIpc) is 3.06. The topological polar surface area (TPSA) is 95.2 Å². The van der Waals surface area contributed by atoms with Gasteiger partial charge in [-0.2, -0.15) is 0 Å². The smallest absolute Gasteiger partial charge is 0.251 e. The maximum atomic E-state index is 12.6. The van der Waals surface area contributed by atoms with Crippen molar-refractivity contribution in [3.05, 3.63) is 58.9 Å². The Morgan fingerprint density at radius 3 is 2.59 bits per heavy atom. The van der Waals surface area contributed by atoms with E-state index in [2.05, 4.69) is 15.3 Å². The number of nitrogens with zero attached hydrogens (tertiary/aromatic N) is 2. The number of hydrogen-bond acceptors (Lipinski definition) is 4. The molecule has 7 nitrogen and oxygen atoms in total. The molecule has 0 aliphatic carbocycles. The standard InChI is InChI=1S/C18H19ClN4O3S/c1-11(17-21-14-6-4-5-7-15(14)22-17)20-18(24)12-8-9-13(19)16(10-12)27(25,26)23(2)3/h4-11H,1-3H3,(H,20,24)(H,21,22). The molecule has 0 fully saturated rings. The van der Waals surface area contributed by atoms with Crippen molar-refractivity contribution >= 4 is 38.6 Å². The van der Waals surface area contributed by atoms with Gasteiger partial charge >= 0.3 is 0 Å². The number of rotatable bonds is 5. The summed E-state index contributed by atoms with van der Waals surface area (Å²) < 4.78 is 25.8. The highest BCUT2D eigenvalue weighted by atomic mass is 35.5. The van der Waals surface area contributed by atoms with Crippen LogP contribution in [-0.2, 0) is 10.0 Å². The van der Waals surface area contributed by atoms with E-state index < -0.39 is 22.0 Å². The highest BCUT2D eigenvalue weighted by Gasteiger charge is 2.23. The summed E-state index contributed by atoms with van der Waals surface area (Å²) in [6.07, 6.45) is 0. The monoisotopic (exact) mass is 406 g/mol. The Hall–Kier alpha value is -2.42. The summed E-state index contributed by atoms with van der Waals surface area (Å²) in [6.45, 7) is 1.79. The van der Waals surface area contributed by atoms with Crippen LogP contribution in [0.1, 0.15) is 29.1 Å². The summed E-state index contributed by atoms with van der Waals surface area (Å²) in [6, 6.07) is 11.3. The van der Waals surface area contributed by atoms with Crippen LogP contribution >= 0.6 is 11.6 Å². The van der Waals surface area contributed by atoms with Crippen molar-refractivity contribution < 1.29 is 13.2 Å². The van der Waals surface area contributed by atoms with Gasteiger partial charge < -0.3 is 10.3 Å². The molecule has 27 heavy (non-hydrogen) atoms. The zero-order valence-corrected chi connectivity index (χ0v) is 16.6. The Bertz CT molecular complexity index is 1080. The van der Waals surface area contributed by atoms with E-state index >= 15 is 0 Å². The normalized spacial score (nSPS) is 13.1. The van der Waals surface area contributed by atoms with Crippen LogP contribution in [0.4, 0.5) is 0 Å². The molecule has 0 radical (unpaired) electrons. The largest absolute Gasteiger partial charge is 0.342 e. The molecule has 0 bridgehead atoms. The molecule has 0 saturated carbocycles. The molecule has 0 saturated heterocycles. The Labute approximate surface area is 162 Å². The first-order chi connectivity index (χ1) is 12.7. The van der Waals surface area contributed by atoms with E-state index in [-0.39, 0.29) is 15.5 Å². The van der Waals surface area contributed by atoms with Gasteiger partial charge in [0, 0.05) is 19.7 Å². The van der Waals surface area contributed by atoms with Crippen LogP contribution in [0.5, 0.6) is 0 Å². The quantitative estimate of drug-likeness (QED) is 0.680. The molecule has 1 atom stereocenters. The third-order valence-corrected chi connectivity index (χ3v) is 6.41. The second kappa shape index (κ2) is 7.30. The second-order valence-electron chi connectivity index (χ2n) is 6.27. The van der Waals surface area contributed by atoms with Gasteiger partial charge in [-0.05, 0) is 37.3 Å². The fourth-order valence-corrected chi connectivity index (χ4v) is 3.96. The van der Waals surface area contributed by atoms with Gasteiger partial charge in [-0.3, -0.25) is 4.79 Å². The number of benzene rings is 2. The van der Waals surface area contributed by atoms with Gasteiger partial charge in [0.05, 0.1) is 22.1 Å². The van der Waals surface area contributed by atoms with Gasteiger partial charge in [0.1, 0.15) is 10.7 Å². The van der Waals surface area contributed by atoms with E-state index in [0.29, 0.717) is 5.82 Å². The molecule has 9 heteroatoms. The van der Waals surface area contributed by atoms with E-state index in [1.54, 1.807) is 6.92 Å². The molecule has 0 aliphatic heterocycles. The number of aromatic amines is 1. The van der Waals surface area contributed by atoms with Crippen LogP contribution in [0, 0.1) is 0 Å². The van der Waals surface area contributed by atoms with Gasteiger partial charge in [-0.1, -0.05) is 23.7 Å². The molecule has 1 heterocycles. The molecular formula is C18H19ClN4O3S. The Balaban J connectivity index is 1.85. The Morgan fingerprint density at radius 1 is 1.22 bits per heavy atom. The number of para-hydroxylation sites is 2. The minimum atomic E-state index is -3.76. The number of H-pyrrole nitrogens is 1. The first-order valence-corrected chi connectivity index (χ1v) is 9.99. The molecule has 1 unspecified atom stereocenters. The third-order valence-electron chi connectivity index (χ3n) is 4.12. The Kier molecular flexibility index (Phi) is 5.23. The molecule has 2 aromatic carbocycles. The van der Waals surface area contributed by atoms with Gasteiger partial charge in [-0.15, -0.1) is 0 Å². The fraction of sp³-hybridized carbons (Fsp3) is 0.222. The molecule has 0 spiro atoms. The summed E-state index contributed by atoms with van der Waals surface area (Å²) in [5, 5.41) is 2.88. The molecule has 1 aromatic heterocycles. The van der Waals surface area contributed by atoms with E-state index in [1.165, 1.54) is 32.3 Å². The number of aromatic nitrogens is 2. The first-order valence-electron chi connectivity index (χ1n) is 8.17. The van der Waals surface area contributed by atoms with Crippen LogP contribution < -0.4 is 5.32 Å². The van der Waals surface area contributed by atoms with Crippen LogP contribution in [-0.4, -0.2) is 42.7 Å². The predicted molar refractivity (Wildman–Crippen MR) is 104 cm³/mol. The van der Waals surface area contributed by atoms with E-state index in [1.807, 2.05) is 24.3 Å². The van der Waals surface area contributed by atoms with Crippen LogP contribution in [0.15, 0.2) is 47.4 Å². The molecule has 2 N–H and O–H groups in total.